The Balaban J connectivity index is 2.05. The third-order valence-corrected chi connectivity index (χ3v) is 2.82. The smallest absolute Gasteiger partial charge is 0.451 e. The molecule has 6 nitrogen and oxygen atoms in total. The zero-order chi connectivity index (χ0) is 13.3. The van der Waals surface area contributed by atoms with E-state index in [1.807, 2.05) is 0 Å². The number of nitrogens with two attached hydrogens (primary N) is 1. The van der Waals surface area contributed by atoms with E-state index in [4.69, 9.17) is 5.73 Å². The second-order valence-electron chi connectivity index (χ2n) is 4.17. The summed E-state index contributed by atoms with van der Waals surface area (Å²) in [5, 5.41) is 8.17. The van der Waals surface area contributed by atoms with Crippen LogP contribution in [0.4, 0.5) is 13.2 Å². The molecule has 1 fully saturated rings. The number of nitrogens with zero attached hydrogens (tertiary/aromatic N) is 2. The number of hydrazone groups is 1. The molecule has 2 heterocycles. The van der Waals surface area contributed by atoms with E-state index in [0.717, 1.165) is 6.42 Å². The van der Waals surface area contributed by atoms with Crippen LogP contribution < -0.4 is 11.1 Å². The molecule has 0 bridgehead atoms. The van der Waals surface area contributed by atoms with E-state index in [2.05, 4.69) is 15.2 Å². The molecule has 18 heavy (non-hydrogen) atoms. The minimum Gasteiger partial charge on any atom is -0.451 e. The van der Waals surface area contributed by atoms with Gasteiger partial charge in [-0.3, -0.25) is 5.01 Å². The molecule has 0 saturated carbocycles. The molecule has 0 amide bonds. The molecule has 3 N–H and O–H groups in total. The van der Waals surface area contributed by atoms with Gasteiger partial charge in [0.1, 0.15) is 6.10 Å². The van der Waals surface area contributed by atoms with Gasteiger partial charge in [-0.05, 0) is 19.3 Å². The van der Waals surface area contributed by atoms with Crippen molar-refractivity contribution in [3.05, 3.63) is 0 Å². The Labute approximate surface area is 101 Å². The van der Waals surface area contributed by atoms with Gasteiger partial charge in [0.05, 0.1) is 0 Å². The van der Waals surface area contributed by atoms with Crippen molar-refractivity contribution in [2.24, 2.45) is 10.8 Å². The Morgan fingerprint density at radius 1 is 1.50 bits per heavy atom. The SMILES string of the molecule is NC1=NN2CCCCC(OC(=O)C(F)(F)F)C2N1. The normalized spacial score (nSPS) is 27.9. The van der Waals surface area contributed by atoms with E-state index in [-0.39, 0.29) is 5.96 Å². The van der Waals surface area contributed by atoms with Crippen LogP contribution in [0.2, 0.25) is 0 Å². The number of hydrogen-bond donors (Lipinski definition) is 2. The summed E-state index contributed by atoms with van der Waals surface area (Å²) in [5.74, 6) is -2.06. The summed E-state index contributed by atoms with van der Waals surface area (Å²) in [5.41, 5.74) is 5.46. The van der Waals surface area contributed by atoms with E-state index in [0.29, 0.717) is 19.4 Å². The van der Waals surface area contributed by atoms with Gasteiger partial charge in [-0.15, -0.1) is 5.10 Å². The molecule has 2 atom stereocenters. The van der Waals surface area contributed by atoms with E-state index in [1.54, 1.807) is 0 Å². The largest absolute Gasteiger partial charge is 0.490 e. The van der Waals surface area contributed by atoms with E-state index in [1.165, 1.54) is 5.01 Å². The Hall–Kier alpha value is -1.67. The van der Waals surface area contributed by atoms with Gasteiger partial charge in [0.2, 0.25) is 5.96 Å². The number of nitrogens with one attached hydrogen (secondary N) is 1. The second kappa shape index (κ2) is 4.54. The number of alkyl halides is 3. The van der Waals surface area contributed by atoms with Gasteiger partial charge in [-0.1, -0.05) is 0 Å². The summed E-state index contributed by atoms with van der Waals surface area (Å²) in [6.45, 7) is 0.568. The van der Waals surface area contributed by atoms with Crippen molar-refractivity contribution in [3.63, 3.8) is 0 Å². The summed E-state index contributed by atoms with van der Waals surface area (Å²) in [6, 6.07) is 0. The number of esters is 1. The zero-order valence-electron chi connectivity index (χ0n) is 9.41. The molecule has 9 heteroatoms. The lowest BCUT2D eigenvalue weighted by atomic mass is 10.1. The molecule has 0 spiro atoms. The zero-order valence-corrected chi connectivity index (χ0v) is 9.41. The average molecular weight is 266 g/mol. The van der Waals surface area contributed by atoms with E-state index in [9.17, 15) is 18.0 Å². The summed E-state index contributed by atoms with van der Waals surface area (Å²) < 4.78 is 41.0. The van der Waals surface area contributed by atoms with Crippen molar-refractivity contribution >= 4 is 11.9 Å². The van der Waals surface area contributed by atoms with Crippen molar-refractivity contribution in [2.45, 2.75) is 37.7 Å². The molecule has 2 aliphatic heterocycles. The van der Waals surface area contributed by atoms with E-state index < -0.39 is 24.4 Å². The summed E-state index contributed by atoms with van der Waals surface area (Å²) in [7, 11) is 0. The van der Waals surface area contributed by atoms with Crippen molar-refractivity contribution in [1.82, 2.24) is 10.3 Å². The highest BCUT2D eigenvalue weighted by Gasteiger charge is 2.45. The lowest BCUT2D eigenvalue weighted by Crippen LogP contribution is -2.50. The van der Waals surface area contributed by atoms with Crippen LogP contribution in [-0.2, 0) is 9.53 Å². The Morgan fingerprint density at radius 2 is 2.22 bits per heavy atom. The molecule has 0 radical (unpaired) electrons. The van der Waals surface area contributed by atoms with Gasteiger partial charge in [0.15, 0.2) is 6.17 Å². The monoisotopic (exact) mass is 266 g/mol. The molecule has 2 aliphatic rings. The van der Waals surface area contributed by atoms with Gasteiger partial charge >= 0.3 is 12.1 Å². The van der Waals surface area contributed by atoms with Crippen LogP contribution >= 0.6 is 0 Å². The van der Waals surface area contributed by atoms with Crippen LogP contribution in [-0.4, -0.2) is 41.9 Å². The Morgan fingerprint density at radius 3 is 2.89 bits per heavy atom. The number of hydrogen-bond acceptors (Lipinski definition) is 6. The molecule has 0 aromatic heterocycles. The van der Waals surface area contributed by atoms with Gasteiger partial charge in [0, 0.05) is 6.54 Å². The minimum absolute atomic E-state index is 0.120. The number of guanidine groups is 1. The van der Waals surface area contributed by atoms with Gasteiger partial charge in [0.25, 0.3) is 0 Å². The predicted octanol–water partition coefficient (Wildman–Crippen LogP) is 0.105. The Bertz CT molecular complexity index is 371. The van der Waals surface area contributed by atoms with Crippen LogP contribution in [0.15, 0.2) is 5.10 Å². The summed E-state index contributed by atoms with van der Waals surface area (Å²) in [4.78, 5) is 10.9. The van der Waals surface area contributed by atoms with E-state index >= 15 is 0 Å². The van der Waals surface area contributed by atoms with Gasteiger partial charge < -0.3 is 15.8 Å². The van der Waals surface area contributed by atoms with Gasteiger partial charge in [-0.2, -0.15) is 13.2 Å². The lowest BCUT2D eigenvalue weighted by molar-refractivity contribution is -0.207. The number of halogens is 3. The van der Waals surface area contributed by atoms with Gasteiger partial charge in [-0.25, -0.2) is 4.79 Å². The predicted molar refractivity (Wildman–Crippen MR) is 55.0 cm³/mol. The fourth-order valence-electron chi connectivity index (χ4n) is 2.03. The molecular weight excluding hydrogens is 253 g/mol. The first kappa shape index (κ1) is 12.8. The third-order valence-electron chi connectivity index (χ3n) is 2.82. The first-order valence-corrected chi connectivity index (χ1v) is 5.53. The maximum atomic E-state index is 12.2. The quantitative estimate of drug-likeness (QED) is 0.658. The number of ether oxygens (including phenoxy) is 1. The highest BCUT2D eigenvalue weighted by molar-refractivity contribution is 5.79. The summed E-state index contributed by atoms with van der Waals surface area (Å²) >= 11 is 0. The molecule has 0 aromatic rings. The topological polar surface area (TPSA) is 79.9 Å². The molecular formula is C9H13F3N4O2. The maximum absolute atomic E-state index is 12.2. The maximum Gasteiger partial charge on any atom is 0.490 e. The minimum atomic E-state index is -4.98. The van der Waals surface area contributed by atoms with Crippen LogP contribution in [0.1, 0.15) is 19.3 Å². The standard InChI is InChI=1S/C9H13F3N4O2/c10-9(11,12)7(17)18-5-3-1-2-4-16-6(5)14-8(13)15-16/h5-6H,1-4H2,(H3,13,14,15). The third kappa shape index (κ3) is 2.59. The number of fused-ring (bicyclic) bond motifs is 1. The number of carbonyl (C=O) groups is 1. The lowest BCUT2D eigenvalue weighted by Gasteiger charge is -2.27. The van der Waals surface area contributed by atoms with Crippen molar-refractivity contribution in [2.75, 3.05) is 6.54 Å². The first-order valence-electron chi connectivity index (χ1n) is 5.53. The van der Waals surface area contributed by atoms with Crippen LogP contribution in [0.25, 0.3) is 0 Å². The van der Waals surface area contributed by atoms with Crippen LogP contribution in [0.5, 0.6) is 0 Å². The number of rotatable bonds is 1. The molecule has 102 valence electrons. The molecule has 0 aliphatic carbocycles. The average Bonchev–Trinajstić information content (AvgIpc) is 2.53. The molecule has 2 rings (SSSR count). The van der Waals surface area contributed by atoms with Crippen molar-refractivity contribution in [3.8, 4) is 0 Å². The fourth-order valence-corrected chi connectivity index (χ4v) is 2.03. The van der Waals surface area contributed by atoms with Crippen molar-refractivity contribution in [1.29, 1.82) is 0 Å². The fraction of sp³-hybridized carbons (Fsp3) is 0.778. The highest BCUT2D eigenvalue weighted by atomic mass is 19.4. The molecule has 1 saturated heterocycles. The Kier molecular flexibility index (Phi) is 3.22. The number of carbonyl (C=O) groups excluding carboxylic acids is 1. The highest BCUT2D eigenvalue weighted by Crippen LogP contribution is 2.25. The van der Waals surface area contributed by atoms with Crippen LogP contribution in [0, 0.1) is 0 Å². The van der Waals surface area contributed by atoms with Crippen LogP contribution in [0.3, 0.4) is 0 Å². The second-order valence-corrected chi connectivity index (χ2v) is 4.17. The molecule has 0 aromatic carbocycles. The molecule has 2 unspecified atom stereocenters. The first-order chi connectivity index (χ1) is 8.38. The van der Waals surface area contributed by atoms with Crippen molar-refractivity contribution < 1.29 is 22.7 Å². The summed E-state index contributed by atoms with van der Waals surface area (Å²) in [6.07, 6.45) is -4.74.